The van der Waals surface area contributed by atoms with Gasteiger partial charge in [-0.1, -0.05) is 6.07 Å². The number of nitrogens with zero attached hydrogens (tertiary/aromatic N) is 1. The molecule has 0 aliphatic rings. The molecule has 0 fully saturated rings. The third-order valence-corrected chi connectivity index (χ3v) is 2.07. The third-order valence-electron chi connectivity index (χ3n) is 2.07. The summed E-state index contributed by atoms with van der Waals surface area (Å²) >= 11 is 0. The first-order valence-corrected chi connectivity index (χ1v) is 5.15. The fraction of sp³-hybridized carbons (Fsp3) is 0.333. The van der Waals surface area contributed by atoms with Crippen molar-refractivity contribution in [2.75, 3.05) is 33.1 Å². The summed E-state index contributed by atoms with van der Waals surface area (Å²) in [5.41, 5.74) is 1.12. The van der Waals surface area contributed by atoms with E-state index in [-0.39, 0.29) is 18.4 Å². The smallest absolute Gasteiger partial charge is 0.253 e. The van der Waals surface area contributed by atoms with Crippen molar-refractivity contribution in [3.05, 3.63) is 29.8 Å². The molecule has 92 valence electrons. The van der Waals surface area contributed by atoms with E-state index in [4.69, 9.17) is 4.74 Å². The van der Waals surface area contributed by atoms with Crippen LogP contribution in [0, 0.1) is 0 Å². The van der Waals surface area contributed by atoms with Gasteiger partial charge in [0.25, 0.3) is 5.91 Å². The molecule has 2 amide bonds. The molecular weight excluding hydrogens is 220 g/mol. The average Bonchev–Trinajstić information content (AvgIpc) is 2.28. The molecule has 0 aromatic heterocycles. The van der Waals surface area contributed by atoms with Crippen molar-refractivity contribution in [1.29, 1.82) is 0 Å². The Kier molecular flexibility index (Phi) is 4.66. The minimum absolute atomic E-state index is 0.00808. The predicted octanol–water partition coefficient (Wildman–Crippen LogP) is 0.973. The van der Waals surface area contributed by atoms with Gasteiger partial charge in [0.2, 0.25) is 5.91 Å². The van der Waals surface area contributed by atoms with Gasteiger partial charge in [0.1, 0.15) is 6.61 Å². The highest BCUT2D eigenvalue weighted by atomic mass is 16.5. The van der Waals surface area contributed by atoms with E-state index in [9.17, 15) is 9.59 Å². The van der Waals surface area contributed by atoms with Gasteiger partial charge in [-0.05, 0) is 18.2 Å². The van der Waals surface area contributed by atoms with E-state index >= 15 is 0 Å². The normalized spacial score (nSPS) is 9.82. The number of anilines is 1. The lowest BCUT2D eigenvalue weighted by molar-refractivity contribution is -0.119. The maximum absolute atomic E-state index is 11.7. The van der Waals surface area contributed by atoms with Gasteiger partial charge < -0.3 is 15.0 Å². The first-order chi connectivity index (χ1) is 8.04. The molecule has 0 heterocycles. The third kappa shape index (κ3) is 3.88. The van der Waals surface area contributed by atoms with Crippen molar-refractivity contribution < 1.29 is 14.3 Å². The summed E-state index contributed by atoms with van der Waals surface area (Å²) < 4.78 is 4.70. The van der Waals surface area contributed by atoms with Gasteiger partial charge in [0, 0.05) is 32.5 Å². The van der Waals surface area contributed by atoms with E-state index in [1.54, 1.807) is 38.4 Å². The molecule has 0 aliphatic carbocycles. The number of hydrogen-bond donors (Lipinski definition) is 1. The lowest BCUT2D eigenvalue weighted by Gasteiger charge is -2.11. The van der Waals surface area contributed by atoms with Crippen LogP contribution in [0.15, 0.2) is 24.3 Å². The standard InChI is InChI=1S/C12H16N2O3/c1-14(2)12(16)9-5-4-6-10(7-9)13-11(15)8-17-3/h4-7H,8H2,1-3H3,(H,13,15). The number of rotatable bonds is 4. The highest BCUT2D eigenvalue weighted by molar-refractivity contribution is 5.97. The summed E-state index contributed by atoms with van der Waals surface area (Å²) in [6, 6.07) is 6.78. The molecule has 17 heavy (non-hydrogen) atoms. The molecule has 0 bridgehead atoms. The first-order valence-electron chi connectivity index (χ1n) is 5.15. The van der Waals surface area contributed by atoms with Gasteiger partial charge in [0.05, 0.1) is 0 Å². The number of benzene rings is 1. The SMILES string of the molecule is COCC(=O)Nc1cccc(C(=O)N(C)C)c1. The Balaban J connectivity index is 2.79. The maximum atomic E-state index is 11.7. The fourth-order valence-electron chi connectivity index (χ4n) is 1.32. The van der Waals surface area contributed by atoms with E-state index in [2.05, 4.69) is 5.32 Å². The highest BCUT2D eigenvalue weighted by Crippen LogP contribution is 2.11. The van der Waals surface area contributed by atoms with E-state index in [1.165, 1.54) is 12.0 Å². The Bertz CT molecular complexity index is 416. The van der Waals surface area contributed by atoms with Crippen molar-refractivity contribution in [3.8, 4) is 0 Å². The second kappa shape index (κ2) is 6.00. The summed E-state index contributed by atoms with van der Waals surface area (Å²) in [6.07, 6.45) is 0. The number of amides is 2. The summed E-state index contributed by atoms with van der Waals surface area (Å²) in [5.74, 6) is -0.352. The van der Waals surface area contributed by atoms with Crippen LogP contribution in [0.4, 0.5) is 5.69 Å². The molecule has 0 atom stereocenters. The maximum Gasteiger partial charge on any atom is 0.253 e. The van der Waals surface area contributed by atoms with E-state index in [1.807, 2.05) is 0 Å². The van der Waals surface area contributed by atoms with E-state index in [0.29, 0.717) is 11.3 Å². The predicted molar refractivity (Wildman–Crippen MR) is 65.0 cm³/mol. The molecule has 1 aromatic carbocycles. The molecule has 0 aliphatic heterocycles. The quantitative estimate of drug-likeness (QED) is 0.847. The van der Waals surface area contributed by atoms with Crippen LogP contribution in [0.1, 0.15) is 10.4 Å². The zero-order chi connectivity index (χ0) is 12.8. The summed E-state index contributed by atoms with van der Waals surface area (Å²) in [4.78, 5) is 24.5. The average molecular weight is 236 g/mol. The summed E-state index contributed by atoms with van der Waals surface area (Å²) in [5, 5.41) is 2.64. The van der Waals surface area contributed by atoms with E-state index in [0.717, 1.165) is 0 Å². The lowest BCUT2D eigenvalue weighted by atomic mass is 10.2. The molecule has 1 rings (SSSR count). The van der Waals surface area contributed by atoms with Gasteiger partial charge in [-0.3, -0.25) is 9.59 Å². The van der Waals surface area contributed by atoms with Crippen LogP contribution in [0.5, 0.6) is 0 Å². The molecule has 5 heteroatoms. The molecule has 0 radical (unpaired) electrons. The minimum Gasteiger partial charge on any atom is -0.375 e. The molecule has 1 aromatic rings. The monoisotopic (exact) mass is 236 g/mol. The van der Waals surface area contributed by atoms with Crippen molar-refractivity contribution in [3.63, 3.8) is 0 Å². The highest BCUT2D eigenvalue weighted by Gasteiger charge is 2.09. The van der Waals surface area contributed by atoms with Crippen molar-refractivity contribution in [2.24, 2.45) is 0 Å². The Labute approximate surface area is 100 Å². The largest absolute Gasteiger partial charge is 0.375 e. The Hall–Kier alpha value is -1.88. The van der Waals surface area contributed by atoms with Crippen LogP contribution >= 0.6 is 0 Å². The van der Waals surface area contributed by atoms with Crippen LogP contribution in [0.25, 0.3) is 0 Å². The number of nitrogens with one attached hydrogen (secondary N) is 1. The number of carbonyl (C=O) groups excluding carboxylic acids is 2. The van der Waals surface area contributed by atoms with Crippen molar-refractivity contribution >= 4 is 17.5 Å². The minimum atomic E-state index is -0.248. The van der Waals surface area contributed by atoms with Crippen LogP contribution < -0.4 is 5.32 Å². The second-order valence-corrected chi connectivity index (χ2v) is 3.76. The summed E-state index contributed by atoms with van der Waals surface area (Å²) in [6.45, 7) is -0.00808. The van der Waals surface area contributed by atoms with Gasteiger partial charge in [-0.15, -0.1) is 0 Å². The zero-order valence-corrected chi connectivity index (χ0v) is 10.2. The zero-order valence-electron chi connectivity index (χ0n) is 10.2. The van der Waals surface area contributed by atoms with Crippen LogP contribution in [-0.2, 0) is 9.53 Å². The molecule has 0 saturated carbocycles. The van der Waals surface area contributed by atoms with Crippen molar-refractivity contribution in [1.82, 2.24) is 4.90 Å². The number of ether oxygens (including phenoxy) is 1. The topological polar surface area (TPSA) is 58.6 Å². The Morgan fingerprint density at radius 2 is 2.06 bits per heavy atom. The van der Waals surface area contributed by atoms with Gasteiger partial charge in [-0.2, -0.15) is 0 Å². The van der Waals surface area contributed by atoms with Gasteiger partial charge in [-0.25, -0.2) is 0 Å². The fourth-order valence-corrected chi connectivity index (χ4v) is 1.32. The molecule has 5 nitrogen and oxygen atoms in total. The second-order valence-electron chi connectivity index (χ2n) is 3.76. The molecule has 1 N–H and O–H groups in total. The van der Waals surface area contributed by atoms with Gasteiger partial charge >= 0.3 is 0 Å². The van der Waals surface area contributed by atoms with Gasteiger partial charge in [0.15, 0.2) is 0 Å². The Morgan fingerprint density at radius 1 is 1.35 bits per heavy atom. The molecule has 0 unspecified atom stereocenters. The van der Waals surface area contributed by atoms with Crippen LogP contribution in [0.3, 0.4) is 0 Å². The van der Waals surface area contributed by atoms with Crippen LogP contribution in [0.2, 0.25) is 0 Å². The molecule has 0 spiro atoms. The van der Waals surface area contributed by atoms with E-state index < -0.39 is 0 Å². The lowest BCUT2D eigenvalue weighted by Crippen LogP contribution is -2.22. The Morgan fingerprint density at radius 3 is 2.65 bits per heavy atom. The van der Waals surface area contributed by atoms with Crippen LogP contribution in [-0.4, -0.2) is 44.5 Å². The number of carbonyl (C=O) groups is 2. The number of methoxy groups -OCH3 is 1. The van der Waals surface area contributed by atoms with Crippen molar-refractivity contribution in [2.45, 2.75) is 0 Å². The summed E-state index contributed by atoms with van der Waals surface area (Å²) in [7, 11) is 4.81. The number of hydrogen-bond acceptors (Lipinski definition) is 3. The first kappa shape index (κ1) is 13.2. The molecular formula is C12H16N2O3. The molecule has 0 saturated heterocycles.